The number of aliphatic hydroxyl groups is 2. The Hall–Kier alpha value is -0.380. The van der Waals surface area contributed by atoms with Crippen LogP contribution in [0.1, 0.15) is 51.9 Å². The molecule has 5 atom stereocenters. The predicted molar refractivity (Wildman–Crippen MR) is 75.9 cm³/mol. The fourth-order valence-electron chi connectivity index (χ4n) is 3.43. The molecule has 2 rings (SSSR count). The highest BCUT2D eigenvalue weighted by atomic mass is 16.5. The number of aliphatic hydroxyl groups excluding tert-OH is 2. The van der Waals surface area contributed by atoms with Crippen LogP contribution in [0, 0.1) is 11.8 Å². The Bertz CT molecular complexity index is 290. The Morgan fingerprint density at radius 3 is 2.95 bits per heavy atom. The molecule has 0 radical (unpaired) electrons. The van der Waals surface area contributed by atoms with Gasteiger partial charge in [0.2, 0.25) is 0 Å². The molecule has 0 aromatic carbocycles. The zero-order chi connectivity index (χ0) is 13.7. The zero-order valence-electron chi connectivity index (χ0n) is 12.0. The van der Waals surface area contributed by atoms with Crippen molar-refractivity contribution in [3.05, 3.63) is 12.2 Å². The summed E-state index contributed by atoms with van der Waals surface area (Å²) in [7, 11) is 0. The molecule has 0 aromatic heterocycles. The molecular formula is C16H28O3. The first-order chi connectivity index (χ1) is 9.22. The smallest absolute Gasteiger partial charge is 0.0721 e. The van der Waals surface area contributed by atoms with E-state index in [1.54, 1.807) is 0 Å². The standard InChI is InChI=1S/C16H28O3/c1-2-3-4-5-6-12(17)7-8-13-14-9-10-19-16(14)11-15(13)18/h7-8,12-18H,2-6,9-11H2,1H3/b8-7+/t12?,13-,14+,15-,16?/m0/s1. The van der Waals surface area contributed by atoms with Gasteiger partial charge in [0, 0.05) is 18.9 Å². The van der Waals surface area contributed by atoms with Crippen LogP contribution in [0.15, 0.2) is 12.2 Å². The van der Waals surface area contributed by atoms with Crippen molar-refractivity contribution in [2.24, 2.45) is 11.8 Å². The average Bonchev–Trinajstić information content (AvgIpc) is 2.93. The molecule has 19 heavy (non-hydrogen) atoms. The van der Waals surface area contributed by atoms with Gasteiger partial charge < -0.3 is 14.9 Å². The van der Waals surface area contributed by atoms with E-state index in [-0.39, 0.29) is 24.2 Å². The Labute approximate surface area is 116 Å². The molecular weight excluding hydrogens is 240 g/mol. The summed E-state index contributed by atoms with van der Waals surface area (Å²) in [6.45, 7) is 3.02. The minimum atomic E-state index is -0.356. The maximum Gasteiger partial charge on any atom is 0.0721 e. The zero-order valence-corrected chi connectivity index (χ0v) is 12.0. The lowest BCUT2D eigenvalue weighted by Crippen LogP contribution is -2.18. The van der Waals surface area contributed by atoms with Gasteiger partial charge in [-0.15, -0.1) is 0 Å². The molecule has 3 heteroatoms. The number of unbranched alkanes of at least 4 members (excludes halogenated alkanes) is 3. The normalized spacial score (nSPS) is 35.9. The van der Waals surface area contributed by atoms with Crippen LogP contribution in [0.5, 0.6) is 0 Å². The molecule has 3 nitrogen and oxygen atoms in total. The van der Waals surface area contributed by atoms with Gasteiger partial charge in [0.1, 0.15) is 0 Å². The van der Waals surface area contributed by atoms with Crippen molar-refractivity contribution in [1.82, 2.24) is 0 Å². The molecule has 0 spiro atoms. The van der Waals surface area contributed by atoms with E-state index in [0.29, 0.717) is 5.92 Å². The van der Waals surface area contributed by atoms with Crippen LogP contribution in [0.4, 0.5) is 0 Å². The fraction of sp³-hybridized carbons (Fsp3) is 0.875. The topological polar surface area (TPSA) is 49.7 Å². The molecule has 1 saturated carbocycles. The highest BCUT2D eigenvalue weighted by Gasteiger charge is 2.44. The van der Waals surface area contributed by atoms with Gasteiger partial charge in [-0.3, -0.25) is 0 Å². The molecule has 2 N–H and O–H groups in total. The third kappa shape index (κ3) is 4.04. The van der Waals surface area contributed by atoms with Crippen LogP contribution in [0.25, 0.3) is 0 Å². The molecule has 2 unspecified atom stereocenters. The van der Waals surface area contributed by atoms with Crippen molar-refractivity contribution in [3.63, 3.8) is 0 Å². The van der Waals surface area contributed by atoms with E-state index in [9.17, 15) is 10.2 Å². The minimum absolute atomic E-state index is 0.179. The summed E-state index contributed by atoms with van der Waals surface area (Å²) in [5.74, 6) is 0.635. The van der Waals surface area contributed by atoms with Gasteiger partial charge >= 0.3 is 0 Å². The summed E-state index contributed by atoms with van der Waals surface area (Å²) >= 11 is 0. The van der Waals surface area contributed by atoms with Gasteiger partial charge in [-0.1, -0.05) is 44.8 Å². The summed E-state index contributed by atoms with van der Waals surface area (Å²) in [6.07, 6.45) is 10.9. The van der Waals surface area contributed by atoms with E-state index >= 15 is 0 Å². The maximum atomic E-state index is 10.0. The van der Waals surface area contributed by atoms with Gasteiger partial charge in [-0.2, -0.15) is 0 Å². The summed E-state index contributed by atoms with van der Waals surface area (Å²) in [6, 6.07) is 0. The van der Waals surface area contributed by atoms with Crippen LogP contribution >= 0.6 is 0 Å². The first kappa shape index (κ1) is 15.0. The van der Waals surface area contributed by atoms with E-state index in [2.05, 4.69) is 6.92 Å². The molecule has 1 saturated heterocycles. The molecule has 2 fully saturated rings. The van der Waals surface area contributed by atoms with Gasteiger partial charge in [0.25, 0.3) is 0 Å². The van der Waals surface area contributed by atoms with Crippen LogP contribution in [0.2, 0.25) is 0 Å². The maximum absolute atomic E-state index is 10.0. The molecule has 1 aliphatic heterocycles. The minimum Gasteiger partial charge on any atom is -0.392 e. The Morgan fingerprint density at radius 2 is 2.16 bits per heavy atom. The Kier molecular flexibility index (Phi) is 5.86. The van der Waals surface area contributed by atoms with Crippen LogP contribution in [-0.4, -0.2) is 35.1 Å². The quantitative estimate of drug-likeness (QED) is 0.551. The molecule has 1 aliphatic carbocycles. The largest absolute Gasteiger partial charge is 0.392 e. The van der Waals surface area contributed by atoms with Gasteiger partial charge in [-0.25, -0.2) is 0 Å². The number of hydrogen-bond donors (Lipinski definition) is 2. The first-order valence-electron chi connectivity index (χ1n) is 7.88. The van der Waals surface area contributed by atoms with E-state index < -0.39 is 0 Å². The summed E-state index contributed by atoms with van der Waals surface area (Å²) in [4.78, 5) is 0. The molecule has 110 valence electrons. The van der Waals surface area contributed by atoms with Crippen molar-refractivity contribution in [3.8, 4) is 0 Å². The van der Waals surface area contributed by atoms with E-state index in [0.717, 1.165) is 32.3 Å². The van der Waals surface area contributed by atoms with E-state index in [1.807, 2.05) is 12.2 Å². The van der Waals surface area contributed by atoms with Crippen molar-refractivity contribution >= 4 is 0 Å². The molecule has 0 bridgehead atoms. The summed E-state index contributed by atoms with van der Waals surface area (Å²) < 4.78 is 5.62. The summed E-state index contributed by atoms with van der Waals surface area (Å²) in [5, 5.41) is 20.0. The van der Waals surface area contributed by atoms with Crippen LogP contribution in [-0.2, 0) is 4.74 Å². The lowest BCUT2D eigenvalue weighted by Gasteiger charge is -2.16. The Morgan fingerprint density at radius 1 is 1.32 bits per heavy atom. The van der Waals surface area contributed by atoms with Crippen molar-refractivity contribution in [1.29, 1.82) is 0 Å². The third-order valence-corrected chi connectivity index (χ3v) is 4.58. The van der Waals surface area contributed by atoms with Gasteiger partial charge in [-0.05, 0) is 18.8 Å². The van der Waals surface area contributed by atoms with Gasteiger partial charge in [0.15, 0.2) is 0 Å². The highest BCUT2D eigenvalue weighted by Crippen LogP contribution is 2.41. The van der Waals surface area contributed by atoms with Crippen LogP contribution < -0.4 is 0 Å². The van der Waals surface area contributed by atoms with Crippen molar-refractivity contribution < 1.29 is 14.9 Å². The first-order valence-corrected chi connectivity index (χ1v) is 7.88. The second-order valence-corrected chi connectivity index (χ2v) is 6.04. The lowest BCUT2D eigenvalue weighted by atomic mass is 9.91. The highest BCUT2D eigenvalue weighted by molar-refractivity contribution is 5.05. The predicted octanol–water partition coefficient (Wildman–Crippen LogP) is 2.66. The van der Waals surface area contributed by atoms with E-state index in [1.165, 1.54) is 19.3 Å². The average molecular weight is 268 g/mol. The second-order valence-electron chi connectivity index (χ2n) is 6.04. The molecule has 2 aliphatic rings. The number of rotatable bonds is 7. The van der Waals surface area contributed by atoms with Crippen LogP contribution in [0.3, 0.4) is 0 Å². The second kappa shape index (κ2) is 7.41. The molecule has 0 amide bonds. The van der Waals surface area contributed by atoms with E-state index in [4.69, 9.17) is 4.74 Å². The van der Waals surface area contributed by atoms with Crippen molar-refractivity contribution in [2.75, 3.05) is 6.61 Å². The number of hydrogen-bond acceptors (Lipinski definition) is 3. The number of fused-ring (bicyclic) bond motifs is 1. The molecule has 0 aromatic rings. The summed E-state index contributed by atoms with van der Waals surface area (Å²) in [5.41, 5.74) is 0. The lowest BCUT2D eigenvalue weighted by molar-refractivity contribution is 0.0805. The monoisotopic (exact) mass is 268 g/mol. The Balaban J connectivity index is 1.74. The SMILES string of the molecule is CCCCCCC(O)/C=C/[C@@H]1[C@@H](O)CC2OCC[C@@H]21. The number of ether oxygens (including phenoxy) is 1. The third-order valence-electron chi connectivity index (χ3n) is 4.58. The fourth-order valence-corrected chi connectivity index (χ4v) is 3.43. The van der Waals surface area contributed by atoms with Crippen molar-refractivity contribution in [2.45, 2.75) is 70.2 Å². The molecule has 1 heterocycles. The van der Waals surface area contributed by atoms with Gasteiger partial charge in [0.05, 0.1) is 18.3 Å².